The van der Waals surface area contributed by atoms with Crippen LogP contribution in [0.15, 0.2) is 54.6 Å². The molecular weight excluding hydrogens is 420 g/mol. The number of carbonyl (C=O) groups is 4. The van der Waals surface area contributed by atoms with Crippen molar-refractivity contribution in [3.05, 3.63) is 71.3 Å². The second-order valence-electron chi connectivity index (χ2n) is 6.46. The number of rotatable bonds is 8. The van der Waals surface area contributed by atoms with Crippen LogP contribution in [0.1, 0.15) is 26.3 Å². The molecule has 10 heteroatoms. The molecule has 2 aromatic rings. The highest BCUT2D eigenvalue weighted by atomic mass is 16.5. The molecule has 2 aromatic carbocycles. The van der Waals surface area contributed by atoms with Crippen LogP contribution in [0, 0.1) is 6.92 Å². The molecule has 10 nitrogen and oxygen atoms in total. The minimum Gasteiger partial charge on any atom is -0.480 e. The summed E-state index contributed by atoms with van der Waals surface area (Å²) in [6.07, 6.45) is 0. The maximum Gasteiger partial charge on any atom is 0.330 e. The number of esters is 1. The molecule has 0 unspecified atom stereocenters. The van der Waals surface area contributed by atoms with Crippen LogP contribution in [0.25, 0.3) is 0 Å². The van der Waals surface area contributed by atoms with Crippen molar-refractivity contribution in [1.82, 2.24) is 10.6 Å². The van der Waals surface area contributed by atoms with E-state index < -0.39 is 49.1 Å². The number of aliphatic hydroxyl groups excluding tert-OH is 2. The summed E-state index contributed by atoms with van der Waals surface area (Å²) in [6.45, 7) is 0.666. The average molecular weight is 446 g/mol. The predicted molar refractivity (Wildman–Crippen MR) is 114 cm³/mol. The molecule has 0 aliphatic carbocycles. The first-order chi connectivity index (χ1) is 15.2. The van der Waals surface area contributed by atoms with Crippen molar-refractivity contribution in [2.45, 2.75) is 19.0 Å². The monoisotopic (exact) mass is 446 g/mol. The molecule has 0 aromatic heterocycles. The Morgan fingerprint density at radius 2 is 1.38 bits per heavy atom. The van der Waals surface area contributed by atoms with E-state index in [2.05, 4.69) is 15.4 Å². The van der Waals surface area contributed by atoms with Gasteiger partial charge < -0.3 is 30.7 Å². The molecule has 5 N–H and O–H groups in total. The molecule has 0 aliphatic heterocycles. The number of benzene rings is 2. The van der Waals surface area contributed by atoms with E-state index >= 15 is 0 Å². The zero-order valence-corrected chi connectivity index (χ0v) is 17.6. The third-order valence-electron chi connectivity index (χ3n) is 4.19. The van der Waals surface area contributed by atoms with Crippen LogP contribution in [0.3, 0.4) is 0 Å². The normalized spacial score (nSPS) is 11.8. The van der Waals surface area contributed by atoms with Gasteiger partial charge in [0.15, 0.2) is 12.1 Å². The van der Waals surface area contributed by atoms with Crippen LogP contribution in [0.4, 0.5) is 0 Å². The number of amides is 2. The zero-order valence-electron chi connectivity index (χ0n) is 17.6. The molecule has 0 fully saturated rings. The van der Waals surface area contributed by atoms with E-state index in [1.165, 1.54) is 7.11 Å². The summed E-state index contributed by atoms with van der Waals surface area (Å²) >= 11 is 0. The third kappa shape index (κ3) is 8.17. The third-order valence-corrected chi connectivity index (χ3v) is 4.19. The van der Waals surface area contributed by atoms with Crippen LogP contribution >= 0.6 is 0 Å². The number of aliphatic carboxylic acids is 1. The van der Waals surface area contributed by atoms with E-state index in [0.717, 1.165) is 5.56 Å². The van der Waals surface area contributed by atoms with E-state index in [9.17, 15) is 19.2 Å². The lowest BCUT2D eigenvalue weighted by Gasteiger charge is -2.14. The molecule has 2 amide bonds. The van der Waals surface area contributed by atoms with Crippen LogP contribution in [0.5, 0.6) is 0 Å². The molecular formula is C22H26N2O8. The van der Waals surface area contributed by atoms with E-state index in [0.29, 0.717) is 11.1 Å². The Morgan fingerprint density at radius 3 is 1.88 bits per heavy atom. The fourth-order valence-electron chi connectivity index (χ4n) is 2.40. The molecule has 0 saturated carbocycles. The number of carboxylic acids is 1. The SMILES string of the molecule is COC(=O)[C@H](CO)NC(=O)c1ccccc1C.O=C(N[C@@H](CO)C(=O)O)c1ccccc1. The van der Waals surface area contributed by atoms with Gasteiger partial charge in [-0.1, -0.05) is 36.4 Å². The fourth-order valence-corrected chi connectivity index (χ4v) is 2.40. The summed E-state index contributed by atoms with van der Waals surface area (Å²) in [6, 6.07) is 12.9. The minimum absolute atomic E-state index is 0.359. The lowest BCUT2D eigenvalue weighted by Crippen LogP contribution is -2.44. The fraction of sp³-hybridized carbons (Fsp3) is 0.273. The van der Waals surface area contributed by atoms with Crippen molar-refractivity contribution < 1.29 is 39.2 Å². The largest absolute Gasteiger partial charge is 0.480 e. The average Bonchev–Trinajstić information content (AvgIpc) is 2.81. The summed E-state index contributed by atoms with van der Waals surface area (Å²) in [4.78, 5) is 45.0. The Morgan fingerprint density at radius 1 is 0.844 bits per heavy atom. The van der Waals surface area contributed by atoms with E-state index in [1.807, 2.05) is 6.07 Å². The van der Waals surface area contributed by atoms with Crippen LogP contribution in [-0.2, 0) is 14.3 Å². The Bertz CT molecular complexity index is 917. The van der Waals surface area contributed by atoms with E-state index in [1.54, 1.807) is 55.5 Å². The number of nitrogens with one attached hydrogen (secondary N) is 2. The summed E-state index contributed by atoms with van der Waals surface area (Å²) in [5, 5.41) is 30.9. The number of ether oxygens (including phenoxy) is 1. The molecule has 0 radical (unpaired) electrons. The Hall–Kier alpha value is -3.76. The standard InChI is InChI=1S/C12H15NO4.C10H11NO4/c1-8-5-3-4-6-9(8)11(15)13-10(7-14)12(16)17-2;12-6-8(10(14)15)11-9(13)7-4-2-1-3-5-7/h3-6,10,14H,7H2,1-2H3,(H,13,15);1-5,8,12H,6H2,(H,11,13)(H,14,15)/t10-;8-/m00/s1. The minimum atomic E-state index is -1.27. The molecule has 0 aliphatic rings. The second-order valence-corrected chi connectivity index (χ2v) is 6.46. The Labute approximate surface area is 184 Å². The van der Waals surface area contributed by atoms with Gasteiger partial charge in [-0.3, -0.25) is 9.59 Å². The van der Waals surface area contributed by atoms with Gasteiger partial charge in [0.2, 0.25) is 0 Å². The quantitative estimate of drug-likeness (QED) is 0.357. The first kappa shape index (κ1) is 26.3. The maximum absolute atomic E-state index is 11.8. The topological polar surface area (TPSA) is 162 Å². The smallest absolute Gasteiger partial charge is 0.330 e. The van der Waals surface area contributed by atoms with E-state index in [4.69, 9.17) is 15.3 Å². The molecule has 0 spiro atoms. The molecule has 2 atom stereocenters. The van der Waals surface area contributed by atoms with E-state index in [-0.39, 0.29) is 0 Å². The van der Waals surface area contributed by atoms with Crippen molar-refractivity contribution in [3.8, 4) is 0 Å². The number of carbonyl (C=O) groups excluding carboxylic acids is 3. The zero-order chi connectivity index (χ0) is 24.1. The van der Waals surface area contributed by atoms with Crippen LogP contribution in [-0.4, -0.2) is 71.5 Å². The number of hydrogen-bond donors (Lipinski definition) is 5. The molecule has 32 heavy (non-hydrogen) atoms. The van der Waals surface area contributed by atoms with Crippen molar-refractivity contribution in [2.24, 2.45) is 0 Å². The highest BCUT2D eigenvalue weighted by molar-refractivity contribution is 5.98. The molecule has 0 bridgehead atoms. The lowest BCUT2D eigenvalue weighted by atomic mass is 10.1. The summed E-state index contributed by atoms with van der Waals surface area (Å²) in [5.74, 6) is -2.86. The highest BCUT2D eigenvalue weighted by Crippen LogP contribution is 2.07. The molecule has 172 valence electrons. The first-order valence-electron chi connectivity index (χ1n) is 9.49. The predicted octanol–water partition coefficient (Wildman–Crippen LogP) is 0.121. The summed E-state index contributed by atoms with van der Waals surface area (Å²) in [7, 11) is 1.20. The molecule has 0 saturated heterocycles. The van der Waals surface area contributed by atoms with Crippen LogP contribution in [0.2, 0.25) is 0 Å². The van der Waals surface area contributed by atoms with Gasteiger partial charge in [0.1, 0.15) is 0 Å². The molecule has 2 rings (SSSR count). The van der Waals surface area contributed by atoms with Gasteiger partial charge in [-0.15, -0.1) is 0 Å². The van der Waals surface area contributed by atoms with Crippen molar-refractivity contribution >= 4 is 23.8 Å². The van der Waals surface area contributed by atoms with Gasteiger partial charge in [0.05, 0.1) is 20.3 Å². The van der Waals surface area contributed by atoms with Gasteiger partial charge in [-0.2, -0.15) is 0 Å². The number of aliphatic hydroxyl groups is 2. The number of methoxy groups -OCH3 is 1. The van der Waals surface area contributed by atoms with Gasteiger partial charge >= 0.3 is 11.9 Å². The lowest BCUT2D eigenvalue weighted by molar-refractivity contribution is -0.144. The second kappa shape index (κ2) is 13.5. The van der Waals surface area contributed by atoms with Crippen LogP contribution < -0.4 is 10.6 Å². The van der Waals surface area contributed by atoms with Crippen molar-refractivity contribution in [2.75, 3.05) is 20.3 Å². The summed E-state index contributed by atoms with van der Waals surface area (Å²) in [5.41, 5.74) is 1.62. The number of aryl methyl sites for hydroxylation is 1. The van der Waals surface area contributed by atoms with Gasteiger partial charge in [0, 0.05) is 11.1 Å². The Balaban J connectivity index is 0.000000323. The number of carboxylic acid groups (broad SMARTS) is 1. The Kier molecular flexibility index (Phi) is 11.1. The van der Waals surface area contributed by atoms with Crippen molar-refractivity contribution in [3.63, 3.8) is 0 Å². The van der Waals surface area contributed by atoms with Gasteiger partial charge in [-0.05, 0) is 30.7 Å². The summed E-state index contributed by atoms with van der Waals surface area (Å²) < 4.78 is 4.46. The first-order valence-corrected chi connectivity index (χ1v) is 9.49. The van der Waals surface area contributed by atoms with Crippen molar-refractivity contribution in [1.29, 1.82) is 0 Å². The number of hydrogen-bond acceptors (Lipinski definition) is 7. The van der Waals surface area contributed by atoms with Gasteiger partial charge in [-0.25, -0.2) is 9.59 Å². The van der Waals surface area contributed by atoms with Gasteiger partial charge in [0.25, 0.3) is 11.8 Å². The highest BCUT2D eigenvalue weighted by Gasteiger charge is 2.21. The molecule has 0 heterocycles. The maximum atomic E-state index is 11.8.